The van der Waals surface area contributed by atoms with Crippen LogP contribution in [-0.2, 0) is 14.3 Å². The van der Waals surface area contributed by atoms with Crippen LogP contribution in [0.25, 0.3) is 17.4 Å². The first-order chi connectivity index (χ1) is 14.9. The molecule has 0 spiro atoms. The van der Waals surface area contributed by atoms with Crippen molar-refractivity contribution in [3.05, 3.63) is 51.0 Å². The van der Waals surface area contributed by atoms with Crippen LogP contribution in [0, 0.1) is 0 Å². The fraction of sp³-hybridized carbons (Fsp3) is 0.318. The van der Waals surface area contributed by atoms with E-state index in [2.05, 4.69) is 0 Å². The minimum atomic E-state index is -0.185. The molecule has 2 heterocycles. The molecule has 1 aliphatic heterocycles. The standard InChI is InChI=1S/C22H21Cl2NO4S2/c1-2-28-20(26)6-4-3-5-11-25-21(27)19(31-22(25)30)13-15-8-10-18(29-15)14-7-9-16(23)17(24)12-14/h7-10,12-13H,2-6,11H2,1H3/b19-13+. The van der Waals surface area contributed by atoms with Crippen molar-refractivity contribution in [2.75, 3.05) is 13.2 Å². The normalized spacial score (nSPS) is 15.2. The fourth-order valence-corrected chi connectivity index (χ4v) is 4.59. The lowest BCUT2D eigenvalue weighted by Gasteiger charge is -2.13. The minimum Gasteiger partial charge on any atom is -0.466 e. The van der Waals surface area contributed by atoms with Gasteiger partial charge in [0.25, 0.3) is 5.91 Å². The molecule has 0 aliphatic carbocycles. The summed E-state index contributed by atoms with van der Waals surface area (Å²) in [5.74, 6) is 0.862. The Morgan fingerprint density at radius 1 is 1.19 bits per heavy atom. The van der Waals surface area contributed by atoms with E-state index in [1.54, 1.807) is 36.1 Å². The van der Waals surface area contributed by atoms with Gasteiger partial charge in [-0.3, -0.25) is 14.5 Å². The molecule has 0 atom stereocenters. The summed E-state index contributed by atoms with van der Waals surface area (Å²) in [6, 6.07) is 8.86. The summed E-state index contributed by atoms with van der Waals surface area (Å²) < 4.78 is 11.3. The van der Waals surface area contributed by atoms with Gasteiger partial charge < -0.3 is 9.15 Å². The highest BCUT2D eigenvalue weighted by molar-refractivity contribution is 8.26. The highest BCUT2D eigenvalue weighted by Gasteiger charge is 2.31. The molecule has 2 aromatic rings. The lowest BCUT2D eigenvalue weighted by atomic mass is 10.2. The van der Waals surface area contributed by atoms with Crippen molar-refractivity contribution in [1.82, 2.24) is 4.90 Å². The average molecular weight is 498 g/mol. The van der Waals surface area contributed by atoms with E-state index >= 15 is 0 Å². The molecule has 0 unspecified atom stereocenters. The van der Waals surface area contributed by atoms with Crippen molar-refractivity contribution in [3.8, 4) is 11.3 Å². The summed E-state index contributed by atoms with van der Waals surface area (Å²) >= 11 is 18.7. The Bertz CT molecular complexity index is 1020. The Morgan fingerprint density at radius 2 is 2.00 bits per heavy atom. The zero-order valence-electron chi connectivity index (χ0n) is 16.9. The molecule has 9 heteroatoms. The average Bonchev–Trinajstić information content (AvgIpc) is 3.30. The summed E-state index contributed by atoms with van der Waals surface area (Å²) in [6.45, 7) is 2.71. The van der Waals surface area contributed by atoms with Crippen LogP contribution >= 0.6 is 47.2 Å². The molecule has 31 heavy (non-hydrogen) atoms. The third-order valence-electron chi connectivity index (χ3n) is 4.55. The number of rotatable bonds is 9. The summed E-state index contributed by atoms with van der Waals surface area (Å²) in [4.78, 5) is 26.2. The predicted molar refractivity (Wildman–Crippen MR) is 129 cm³/mol. The number of amides is 1. The molecule has 5 nitrogen and oxygen atoms in total. The van der Waals surface area contributed by atoms with Crippen LogP contribution in [0.4, 0.5) is 0 Å². The smallest absolute Gasteiger partial charge is 0.305 e. The number of benzene rings is 1. The first-order valence-corrected chi connectivity index (χ1v) is 11.8. The molecule has 1 aliphatic rings. The summed E-state index contributed by atoms with van der Waals surface area (Å²) in [5, 5.41) is 0.919. The Balaban J connectivity index is 1.57. The molecule has 3 rings (SSSR count). The van der Waals surface area contributed by atoms with Gasteiger partial charge in [0.15, 0.2) is 0 Å². The number of esters is 1. The molecule has 1 fully saturated rings. The molecule has 0 saturated carbocycles. The highest BCUT2D eigenvalue weighted by atomic mass is 35.5. The van der Waals surface area contributed by atoms with E-state index < -0.39 is 0 Å². The van der Waals surface area contributed by atoms with E-state index in [4.69, 9.17) is 44.6 Å². The Hall–Kier alpha value is -1.80. The lowest BCUT2D eigenvalue weighted by Crippen LogP contribution is -2.29. The molecule has 1 amide bonds. The molecule has 1 aromatic carbocycles. The van der Waals surface area contributed by atoms with Crippen molar-refractivity contribution in [1.29, 1.82) is 0 Å². The van der Waals surface area contributed by atoms with Gasteiger partial charge >= 0.3 is 5.97 Å². The van der Waals surface area contributed by atoms with Crippen molar-refractivity contribution >= 4 is 69.5 Å². The number of ether oxygens (including phenoxy) is 1. The van der Waals surface area contributed by atoms with Crippen LogP contribution < -0.4 is 0 Å². The van der Waals surface area contributed by atoms with Crippen LogP contribution in [-0.4, -0.2) is 34.2 Å². The highest BCUT2D eigenvalue weighted by Crippen LogP contribution is 2.34. The van der Waals surface area contributed by atoms with Gasteiger partial charge in [0.05, 0.1) is 21.6 Å². The molecule has 0 bridgehead atoms. The quantitative estimate of drug-likeness (QED) is 0.169. The number of carbonyl (C=O) groups is 2. The molecule has 1 aromatic heterocycles. The van der Waals surface area contributed by atoms with E-state index in [-0.39, 0.29) is 11.9 Å². The first kappa shape index (κ1) is 23.9. The molecular weight excluding hydrogens is 477 g/mol. The zero-order valence-corrected chi connectivity index (χ0v) is 20.0. The van der Waals surface area contributed by atoms with Crippen LogP contribution in [0.1, 0.15) is 38.4 Å². The number of unbranched alkanes of at least 4 members (excludes halogenated alkanes) is 2. The van der Waals surface area contributed by atoms with Gasteiger partial charge in [-0.25, -0.2) is 0 Å². The van der Waals surface area contributed by atoms with Crippen LogP contribution in [0.5, 0.6) is 0 Å². The fourth-order valence-electron chi connectivity index (χ4n) is 3.01. The topological polar surface area (TPSA) is 59.8 Å². The van der Waals surface area contributed by atoms with Crippen LogP contribution in [0.3, 0.4) is 0 Å². The largest absolute Gasteiger partial charge is 0.466 e. The molecule has 0 N–H and O–H groups in total. The number of hydrogen-bond donors (Lipinski definition) is 0. The second-order valence-corrected chi connectivity index (χ2v) is 9.27. The van der Waals surface area contributed by atoms with E-state index in [1.807, 2.05) is 12.1 Å². The molecule has 1 saturated heterocycles. The maximum atomic E-state index is 12.7. The maximum Gasteiger partial charge on any atom is 0.305 e. The number of hydrogen-bond acceptors (Lipinski definition) is 6. The van der Waals surface area contributed by atoms with Gasteiger partial charge in [0.1, 0.15) is 15.8 Å². The minimum absolute atomic E-state index is 0.132. The first-order valence-electron chi connectivity index (χ1n) is 9.85. The van der Waals surface area contributed by atoms with E-state index in [1.165, 1.54) is 11.8 Å². The number of thioether (sulfide) groups is 1. The number of thiocarbonyl (C=S) groups is 1. The van der Waals surface area contributed by atoms with E-state index in [0.717, 1.165) is 24.8 Å². The Labute approximate surface area is 200 Å². The van der Waals surface area contributed by atoms with Crippen molar-refractivity contribution in [3.63, 3.8) is 0 Å². The zero-order chi connectivity index (χ0) is 22.4. The predicted octanol–water partition coefficient (Wildman–Crippen LogP) is 6.58. The molecular formula is C22H21Cl2NO4S2. The Morgan fingerprint density at radius 3 is 2.74 bits per heavy atom. The second kappa shape index (κ2) is 11.2. The summed E-state index contributed by atoms with van der Waals surface area (Å²) in [6.07, 6.45) is 4.40. The Kier molecular flexibility index (Phi) is 8.60. The summed E-state index contributed by atoms with van der Waals surface area (Å²) in [7, 11) is 0. The van der Waals surface area contributed by atoms with E-state index in [9.17, 15) is 9.59 Å². The number of nitrogens with zero attached hydrogens (tertiary/aromatic N) is 1. The SMILES string of the molecule is CCOC(=O)CCCCCN1C(=O)/C(=C\c2ccc(-c3ccc(Cl)c(Cl)c3)o2)SC1=S. The number of furan rings is 1. The summed E-state index contributed by atoms with van der Waals surface area (Å²) in [5.41, 5.74) is 0.796. The van der Waals surface area contributed by atoms with Crippen LogP contribution in [0.2, 0.25) is 10.0 Å². The monoisotopic (exact) mass is 497 g/mol. The van der Waals surface area contributed by atoms with Crippen molar-refractivity contribution in [2.45, 2.75) is 32.6 Å². The van der Waals surface area contributed by atoms with Gasteiger partial charge in [-0.05, 0) is 50.1 Å². The van der Waals surface area contributed by atoms with Gasteiger partial charge in [-0.15, -0.1) is 0 Å². The molecule has 0 radical (unpaired) electrons. The molecule has 164 valence electrons. The number of halogens is 2. The van der Waals surface area contributed by atoms with Crippen molar-refractivity contribution in [2.24, 2.45) is 0 Å². The maximum absolute atomic E-state index is 12.7. The van der Waals surface area contributed by atoms with Gasteiger partial charge in [0, 0.05) is 24.6 Å². The van der Waals surface area contributed by atoms with Crippen molar-refractivity contribution < 1.29 is 18.7 Å². The van der Waals surface area contributed by atoms with Gasteiger partial charge in [-0.1, -0.05) is 53.6 Å². The van der Waals surface area contributed by atoms with E-state index in [0.29, 0.717) is 50.4 Å². The van der Waals surface area contributed by atoms with Crippen LogP contribution in [0.15, 0.2) is 39.7 Å². The van der Waals surface area contributed by atoms with Gasteiger partial charge in [-0.2, -0.15) is 0 Å². The lowest BCUT2D eigenvalue weighted by molar-refractivity contribution is -0.143. The second-order valence-electron chi connectivity index (χ2n) is 6.78. The third-order valence-corrected chi connectivity index (χ3v) is 6.66. The van der Waals surface area contributed by atoms with Gasteiger partial charge in [0.2, 0.25) is 0 Å². The third kappa shape index (κ3) is 6.35. The number of carbonyl (C=O) groups excluding carboxylic acids is 2.